The Kier molecular flexibility index (Phi) is 7.65. The lowest BCUT2D eigenvalue weighted by atomic mass is 10.0. The van der Waals surface area contributed by atoms with Gasteiger partial charge in [-0.25, -0.2) is 9.97 Å². The molecule has 0 aliphatic heterocycles. The van der Waals surface area contributed by atoms with Gasteiger partial charge in [0.05, 0.1) is 11.4 Å². The molecule has 5 aromatic rings. The number of thiazole rings is 2. The number of nitrogens with one attached hydrogen (secondary N) is 2. The lowest BCUT2D eigenvalue weighted by molar-refractivity contribution is 0.101. The molecule has 0 atom stereocenters. The quantitative estimate of drug-likeness (QED) is 0.217. The number of aromatic nitrogens is 2. The molecule has 0 bridgehead atoms. The Morgan fingerprint density at radius 3 is 1.27 bits per heavy atom. The number of anilines is 2. The number of amides is 2. The summed E-state index contributed by atoms with van der Waals surface area (Å²) in [6.07, 6.45) is 0. The van der Waals surface area contributed by atoms with Gasteiger partial charge in [-0.3, -0.25) is 20.2 Å². The molecule has 2 N–H and O–H groups in total. The Morgan fingerprint density at radius 2 is 0.925 bits per heavy atom. The third-order valence-corrected chi connectivity index (χ3v) is 8.78. The van der Waals surface area contributed by atoms with Crippen LogP contribution in [-0.2, 0) is 0 Å². The summed E-state index contributed by atoms with van der Waals surface area (Å²) >= 11 is 2.88. The van der Waals surface area contributed by atoms with Gasteiger partial charge in [0.1, 0.15) is 0 Å². The number of benzene rings is 3. The van der Waals surface area contributed by atoms with E-state index in [0.717, 1.165) is 32.3 Å². The average molecular weight is 567 g/mol. The van der Waals surface area contributed by atoms with Gasteiger partial charge in [-0.2, -0.15) is 0 Å². The van der Waals surface area contributed by atoms with E-state index in [2.05, 4.69) is 84.7 Å². The van der Waals surface area contributed by atoms with Crippen LogP contribution in [0.4, 0.5) is 10.3 Å². The fourth-order valence-electron chi connectivity index (χ4n) is 4.32. The van der Waals surface area contributed by atoms with Crippen LogP contribution in [0.2, 0.25) is 0 Å². The van der Waals surface area contributed by atoms with Crippen LogP contribution >= 0.6 is 22.7 Å². The van der Waals surface area contributed by atoms with Gasteiger partial charge >= 0.3 is 0 Å². The fraction of sp³-hybridized carbons (Fsp3) is 0.188. The zero-order valence-corrected chi connectivity index (χ0v) is 24.9. The summed E-state index contributed by atoms with van der Waals surface area (Å²) in [7, 11) is 0. The van der Waals surface area contributed by atoms with Crippen LogP contribution in [0.3, 0.4) is 0 Å². The standard InChI is InChI=1S/C32H30N4O2S2/c1-17-7-9-25(15-19(17)3)27-21(5)39-31(33-27)35-29(37)23-11-13-24(14-12-23)30(38)36-32-34-28(22(6)40-32)26-10-8-18(2)20(4)16-26/h7-16H,1-6H3,(H,33,35,37)(H,34,36,38). The minimum absolute atomic E-state index is 0.277. The summed E-state index contributed by atoms with van der Waals surface area (Å²) in [6, 6.07) is 19.1. The summed E-state index contributed by atoms with van der Waals surface area (Å²) in [5, 5.41) is 6.87. The van der Waals surface area contributed by atoms with Crippen molar-refractivity contribution in [3.05, 3.63) is 104 Å². The maximum atomic E-state index is 12.9. The van der Waals surface area contributed by atoms with E-state index >= 15 is 0 Å². The van der Waals surface area contributed by atoms with Crippen molar-refractivity contribution >= 4 is 44.8 Å². The third-order valence-electron chi connectivity index (χ3n) is 7.00. The minimum Gasteiger partial charge on any atom is -0.298 e. The molecule has 2 amide bonds. The highest BCUT2D eigenvalue weighted by Gasteiger charge is 2.16. The number of carbonyl (C=O) groups excluding carboxylic acids is 2. The lowest BCUT2D eigenvalue weighted by Crippen LogP contribution is -2.14. The second-order valence-corrected chi connectivity index (χ2v) is 12.3. The van der Waals surface area contributed by atoms with Crippen molar-refractivity contribution in [2.75, 3.05) is 10.6 Å². The fourth-order valence-corrected chi connectivity index (χ4v) is 5.99. The molecule has 0 radical (unpaired) electrons. The topological polar surface area (TPSA) is 84.0 Å². The highest BCUT2D eigenvalue weighted by atomic mass is 32.1. The smallest absolute Gasteiger partial charge is 0.257 e. The van der Waals surface area contributed by atoms with E-state index in [1.165, 1.54) is 44.9 Å². The SMILES string of the molecule is Cc1ccc(-c2nc(NC(=O)c3ccc(C(=O)Nc4nc(-c5ccc(C)c(C)c5)c(C)s4)cc3)sc2C)cc1C. The summed E-state index contributed by atoms with van der Waals surface area (Å²) < 4.78 is 0. The number of nitrogens with zero attached hydrogens (tertiary/aromatic N) is 2. The Bertz CT molecular complexity index is 1620. The molecule has 202 valence electrons. The predicted molar refractivity (Wildman–Crippen MR) is 166 cm³/mol. The first-order chi connectivity index (χ1) is 19.1. The highest BCUT2D eigenvalue weighted by Crippen LogP contribution is 2.33. The van der Waals surface area contributed by atoms with Crippen LogP contribution in [0, 0.1) is 41.5 Å². The number of aryl methyl sites for hydroxylation is 6. The summed E-state index contributed by atoms with van der Waals surface area (Å²) in [5.41, 5.74) is 9.55. The minimum atomic E-state index is -0.277. The van der Waals surface area contributed by atoms with Crippen LogP contribution in [0.25, 0.3) is 22.5 Å². The van der Waals surface area contributed by atoms with E-state index < -0.39 is 0 Å². The van der Waals surface area contributed by atoms with Crippen molar-refractivity contribution < 1.29 is 9.59 Å². The Balaban J connectivity index is 1.25. The maximum Gasteiger partial charge on any atom is 0.257 e. The maximum absolute atomic E-state index is 12.9. The first-order valence-corrected chi connectivity index (χ1v) is 14.5. The first kappa shape index (κ1) is 27.4. The number of carbonyl (C=O) groups is 2. The molecule has 0 fully saturated rings. The van der Waals surface area contributed by atoms with Crippen LogP contribution < -0.4 is 10.6 Å². The summed E-state index contributed by atoms with van der Waals surface area (Å²) in [5.74, 6) is -0.554. The Labute approximate surface area is 242 Å². The van der Waals surface area contributed by atoms with Gasteiger partial charge in [0.15, 0.2) is 10.3 Å². The molecule has 40 heavy (non-hydrogen) atoms. The molecule has 6 nitrogen and oxygen atoms in total. The monoisotopic (exact) mass is 566 g/mol. The van der Waals surface area contributed by atoms with Crippen LogP contribution in [0.1, 0.15) is 52.7 Å². The summed E-state index contributed by atoms with van der Waals surface area (Å²) in [4.78, 5) is 37.2. The second-order valence-electron chi connectivity index (χ2n) is 9.93. The molecule has 2 heterocycles. The van der Waals surface area contributed by atoms with Gasteiger partial charge in [-0.15, -0.1) is 22.7 Å². The van der Waals surface area contributed by atoms with Gasteiger partial charge in [-0.1, -0.05) is 24.3 Å². The number of hydrogen-bond acceptors (Lipinski definition) is 6. The second kappa shape index (κ2) is 11.2. The van der Waals surface area contributed by atoms with Crippen molar-refractivity contribution in [1.29, 1.82) is 0 Å². The predicted octanol–water partition coefficient (Wildman–Crippen LogP) is 8.29. The van der Waals surface area contributed by atoms with Gasteiger partial charge in [-0.05, 0) is 100 Å². The van der Waals surface area contributed by atoms with E-state index in [0.29, 0.717) is 21.4 Å². The first-order valence-electron chi connectivity index (χ1n) is 12.9. The molecule has 8 heteroatoms. The van der Waals surface area contributed by atoms with Gasteiger partial charge < -0.3 is 0 Å². The number of rotatable bonds is 6. The van der Waals surface area contributed by atoms with E-state index in [4.69, 9.17) is 0 Å². The molecule has 5 rings (SSSR count). The molecule has 0 saturated heterocycles. The summed E-state index contributed by atoms with van der Waals surface area (Å²) in [6.45, 7) is 12.3. The molecular formula is C32H30N4O2S2. The molecule has 3 aromatic carbocycles. The van der Waals surface area contributed by atoms with Crippen LogP contribution in [0.5, 0.6) is 0 Å². The molecule has 0 aliphatic carbocycles. The largest absolute Gasteiger partial charge is 0.298 e. The average Bonchev–Trinajstić information content (AvgIpc) is 3.48. The van der Waals surface area contributed by atoms with Crippen molar-refractivity contribution in [2.24, 2.45) is 0 Å². The molecule has 2 aromatic heterocycles. The van der Waals surface area contributed by atoms with Crippen molar-refractivity contribution in [1.82, 2.24) is 9.97 Å². The van der Waals surface area contributed by atoms with Crippen LogP contribution in [-0.4, -0.2) is 21.8 Å². The molecule has 0 saturated carbocycles. The highest BCUT2D eigenvalue weighted by molar-refractivity contribution is 7.16. The zero-order valence-electron chi connectivity index (χ0n) is 23.3. The molecule has 0 spiro atoms. The third kappa shape index (κ3) is 5.73. The molecule has 0 unspecified atom stereocenters. The molecule has 0 aliphatic rings. The van der Waals surface area contributed by atoms with E-state index in [1.807, 2.05) is 13.8 Å². The Morgan fingerprint density at radius 1 is 0.550 bits per heavy atom. The van der Waals surface area contributed by atoms with Crippen molar-refractivity contribution in [2.45, 2.75) is 41.5 Å². The zero-order chi connectivity index (χ0) is 28.6. The van der Waals surface area contributed by atoms with E-state index in [9.17, 15) is 9.59 Å². The van der Waals surface area contributed by atoms with Gasteiger partial charge in [0.25, 0.3) is 11.8 Å². The number of hydrogen-bond donors (Lipinski definition) is 2. The van der Waals surface area contributed by atoms with Crippen molar-refractivity contribution in [3.63, 3.8) is 0 Å². The van der Waals surface area contributed by atoms with Crippen LogP contribution in [0.15, 0.2) is 60.7 Å². The lowest BCUT2D eigenvalue weighted by Gasteiger charge is -2.05. The van der Waals surface area contributed by atoms with Gasteiger partial charge in [0, 0.05) is 32.0 Å². The van der Waals surface area contributed by atoms with E-state index in [-0.39, 0.29) is 11.8 Å². The van der Waals surface area contributed by atoms with Gasteiger partial charge in [0.2, 0.25) is 0 Å². The Hall–Kier alpha value is -4.14. The van der Waals surface area contributed by atoms with Crippen molar-refractivity contribution in [3.8, 4) is 22.5 Å². The normalized spacial score (nSPS) is 10.9. The molecular weight excluding hydrogens is 537 g/mol. The van der Waals surface area contributed by atoms with E-state index in [1.54, 1.807) is 24.3 Å².